The van der Waals surface area contributed by atoms with Gasteiger partial charge in [0.1, 0.15) is 11.6 Å². The maximum atomic E-state index is 6.17. The van der Waals surface area contributed by atoms with Crippen molar-refractivity contribution in [3.63, 3.8) is 0 Å². The van der Waals surface area contributed by atoms with Crippen LogP contribution in [-0.2, 0) is 5.41 Å². The number of hydrogen-bond donors (Lipinski definition) is 1. The first-order valence-electron chi connectivity index (χ1n) is 7.56. The summed E-state index contributed by atoms with van der Waals surface area (Å²) in [4.78, 5) is 4.56. The second-order valence-corrected chi connectivity index (χ2v) is 6.06. The molecule has 2 N–H and O–H groups in total. The van der Waals surface area contributed by atoms with Crippen molar-refractivity contribution in [3.05, 3.63) is 23.4 Å². The van der Waals surface area contributed by atoms with Gasteiger partial charge >= 0.3 is 0 Å². The van der Waals surface area contributed by atoms with E-state index in [1.165, 1.54) is 25.7 Å². The lowest BCUT2D eigenvalue weighted by Crippen LogP contribution is -2.37. The molecule has 2 aromatic rings. The SMILES string of the molecule is Cc1cc2nnc(C3(CN)CCCCCC3)n2c(C)n1. The van der Waals surface area contributed by atoms with Crippen molar-refractivity contribution in [1.82, 2.24) is 19.6 Å². The van der Waals surface area contributed by atoms with Gasteiger partial charge in [0.05, 0.1) is 0 Å². The Bertz CT molecular complexity index is 608. The summed E-state index contributed by atoms with van der Waals surface area (Å²) < 4.78 is 2.10. The molecule has 0 aliphatic heterocycles. The van der Waals surface area contributed by atoms with Crippen LogP contribution >= 0.6 is 0 Å². The predicted molar refractivity (Wildman–Crippen MR) is 78.7 cm³/mol. The van der Waals surface area contributed by atoms with Crippen LogP contribution in [0.25, 0.3) is 5.65 Å². The molecule has 2 aromatic heterocycles. The highest BCUT2D eigenvalue weighted by molar-refractivity contribution is 5.41. The summed E-state index contributed by atoms with van der Waals surface area (Å²) >= 11 is 0. The topological polar surface area (TPSA) is 69.1 Å². The molecule has 0 saturated heterocycles. The average molecular weight is 273 g/mol. The molecule has 0 bridgehead atoms. The van der Waals surface area contributed by atoms with Gasteiger partial charge in [0.2, 0.25) is 0 Å². The summed E-state index contributed by atoms with van der Waals surface area (Å²) in [6.07, 6.45) is 7.27. The summed E-state index contributed by atoms with van der Waals surface area (Å²) in [5.41, 5.74) is 8.01. The van der Waals surface area contributed by atoms with E-state index in [1.54, 1.807) is 0 Å². The Morgan fingerprint density at radius 2 is 1.85 bits per heavy atom. The smallest absolute Gasteiger partial charge is 0.164 e. The molecule has 1 aliphatic rings. The molecule has 3 rings (SSSR count). The summed E-state index contributed by atoms with van der Waals surface area (Å²) in [5.74, 6) is 1.97. The van der Waals surface area contributed by atoms with Crippen LogP contribution in [0.5, 0.6) is 0 Å². The fourth-order valence-electron chi connectivity index (χ4n) is 3.50. The third kappa shape index (κ3) is 2.10. The molecule has 2 heterocycles. The number of nitrogens with zero attached hydrogens (tertiary/aromatic N) is 4. The normalized spacial score (nSPS) is 19.1. The van der Waals surface area contributed by atoms with Gasteiger partial charge in [-0.05, 0) is 26.7 Å². The van der Waals surface area contributed by atoms with Crippen molar-refractivity contribution in [1.29, 1.82) is 0 Å². The number of nitrogens with two attached hydrogens (primary N) is 1. The second kappa shape index (κ2) is 5.13. The van der Waals surface area contributed by atoms with Gasteiger partial charge in [-0.3, -0.25) is 4.40 Å². The first kappa shape index (κ1) is 13.5. The summed E-state index contributed by atoms with van der Waals surface area (Å²) in [6, 6.07) is 1.99. The highest BCUT2D eigenvalue weighted by atomic mass is 15.3. The lowest BCUT2D eigenvalue weighted by Gasteiger charge is -2.29. The second-order valence-electron chi connectivity index (χ2n) is 6.06. The fraction of sp³-hybridized carbons (Fsp3) is 0.667. The van der Waals surface area contributed by atoms with E-state index in [-0.39, 0.29) is 5.41 Å². The molecule has 0 spiro atoms. The number of fused-ring (bicyclic) bond motifs is 1. The van der Waals surface area contributed by atoms with Crippen molar-refractivity contribution in [2.45, 2.75) is 57.8 Å². The maximum Gasteiger partial charge on any atom is 0.164 e. The Morgan fingerprint density at radius 1 is 1.15 bits per heavy atom. The minimum atomic E-state index is -0.0301. The van der Waals surface area contributed by atoms with Gasteiger partial charge in [-0.1, -0.05) is 25.7 Å². The maximum absolute atomic E-state index is 6.17. The van der Waals surface area contributed by atoms with Crippen LogP contribution in [0.2, 0.25) is 0 Å². The van der Waals surface area contributed by atoms with Crippen LogP contribution in [0.1, 0.15) is 55.9 Å². The quantitative estimate of drug-likeness (QED) is 0.852. The van der Waals surface area contributed by atoms with E-state index in [0.717, 1.165) is 35.8 Å². The van der Waals surface area contributed by atoms with Crippen molar-refractivity contribution < 1.29 is 0 Å². The molecule has 5 heteroatoms. The monoisotopic (exact) mass is 273 g/mol. The molecule has 108 valence electrons. The summed E-state index contributed by atoms with van der Waals surface area (Å²) in [6.45, 7) is 4.65. The number of rotatable bonds is 2. The van der Waals surface area contributed by atoms with Crippen molar-refractivity contribution in [2.24, 2.45) is 5.73 Å². The fourth-order valence-corrected chi connectivity index (χ4v) is 3.50. The molecule has 0 unspecified atom stereocenters. The first-order chi connectivity index (χ1) is 9.66. The van der Waals surface area contributed by atoms with E-state index in [4.69, 9.17) is 5.73 Å². The Morgan fingerprint density at radius 3 is 2.50 bits per heavy atom. The van der Waals surface area contributed by atoms with E-state index in [1.807, 2.05) is 19.9 Å². The van der Waals surface area contributed by atoms with E-state index in [9.17, 15) is 0 Å². The van der Waals surface area contributed by atoms with Crippen LogP contribution in [0.3, 0.4) is 0 Å². The van der Waals surface area contributed by atoms with Gasteiger partial charge in [0.15, 0.2) is 5.65 Å². The molecular weight excluding hydrogens is 250 g/mol. The molecule has 1 saturated carbocycles. The third-order valence-electron chi connectivity index (χ3n) is 4.61. The zero-order valence-corrected chi connectivity index (χ0v) is 12.4. The summed E-state index contributed by atoms with van der Waals surface area (Å²) in [7, 11) is 0. The van der Waals surface area contributed by atoms with Crippen LogP contribution in [0, 0.1) is 13.8 Å². The van der Waals surface area contributed by atoms with Gasteiger partial charge in [-0.25, -0.2) is 4.98 Å². The molecule has 1 fully saturated rings. The zero-order chi connectivity index (χ0) is 14.2. The van der Waals surface area contributed by atoms with Gasteiger partial charge in [-0.15, -0.1) is 10.2 Å². The standard InChI is InChI=1S/C15H23N5/c1-11-9-13-18-19-14(20(13)12(2)17-11)15(10-16)7-5-3-4-6-8-15/h9H,3-8,10,16H2,1-2H3. The van der Waals surface area contributed by atoms with Crippen LogP contribution < -0.4 is 5.73 Å². The highest BCUT2D eigenvalue weighted by Crippen LogP contribution is 2.36. The molecule has 0 amide bonds. The molecule has 5 nitrogen and oxygen atoms in total. The minimum absolute atomic E-state index is 0.0301. The molecule has 1 aliphatic carbocycles. The van der Waals surface area contributed by atoms with Crippen molar-refractivity contribution >= 4 is 5.65 Å². The number of hydrogen-bond acceptors (Lipinski definition) is 4. The van der Waals surface area contributed by atoms with Crippen LogP contribution in [-0.4, -0.2) is 26.1 Å². The average Bonchev–Trinajstić information content (AvgIpc) is 2.71. The molecule has 0 atom stereocenters. The third-order valence-corrected chi connectivity index (χ3v) is 4.61. The first-order valence-corrected chi connectivity index (χ1v) is 7.56. The Kier molecular flexibility index (Phi) is 3.46. The van der Waals surface area contributed by atoms with Gasteiger partial charge in [-0.2, -0.15) is 0 Å². The van der Waals surface area contributed by atoms with Gasteiger partial charge in [0, 0.05) is 23.7 Å². The molecular formula is C15H23N5. The minimum Gasteiger partial charge on any atom is -0.329 e. The summed E-state index contributed by atoms with van der Waals surface area (Å²) in [5, 5.41) is 8.86. The van der Waals surface area contributed by atoms with Crippen LogP contribution in [0.15, 0.2) is 6.07 Å². The van der Waals surface area contributed by atoms with Crippen molar-refractivity contribution in [3.8, 4) is 0 Å². The molecule has 0 aromatic carbocycles. The molecule has 0 radical (unpaired) electrons. The highest BCUT2D eigenvalue weighted by Gasteiger charge is 2.36. The van der Waals surface area contributed by atoms with Crippen LogP contribution in [0.4, 0.5) is 0 Å². The van der Waals surface area contributed by atoms with Gasteiger partial charge in [0.25, 0.3) is 0 Å². The Balaban J connectivity index is 2.16. The number of aryl methyl sites for hydroxylation is 2. The Hall–Kier alpha value is -1.49. The number of aromatic nitrogens is 4. The largest absolute Gasteiger partial charge is 0.329 e. The van der Waals surface area contributed by atoms with E-state index < -0.39 is 0 Å². The van der Waals surface area contributed by atoms with Crippen molar-refractivity contribution in [2.75, 3.05) is 6.54 Å². The zero-order valence-electron chi connectivity index (χ0n) is 12.4. The lowest BCUT2D eigenvalue weighted by molar-refractivity contribution is 0.355. The molecule has 20 heavy (non-hydrogen) atoms. The van der Waals surface area contributed by atoms with E-state index in [0.29, 0.717) is 6.54 Å². The Labute approximate surface area is 119 Å². The predicted octanol–water partition coefficient (Wildman–Crippen LogP) is 2.29. The van der Waals surface area contributed by atoms with E-state index in [2.05, 4.69) is 19.6 Å². The van der Waals surface area contributed by atoms with Gasteiger partial charge < -0.3 is 5.73 Å². The lowest BCUT2D eigenvalue weighted by atomic mass is 9.79. The van der Waals surface area contributed by atoms with E-state index >= 15 is 0 Å².